The van der Waals surface area contributed by atoms with Crippen LogP contribution >= 0.6 is 0 Å². The van der Waals surface area contributed by atoms with Gasteiger partial charge in [-0.2, -0.15) is 0 Å². The van der Waals surface area contributed by atoms with Crippen molar-refractivity contribution in [2.24, 2.45) is 5.28 Å². The summed E-state index contributed by atoms with van der Waals surface area (Å²) in [4.78, 5) is 2.71. The summed E-state index contributed by atoms with van der Waals surface area (Å²) in [6.45, 7) is 3.78. The van der Waals surface area contributed by atoms with E-state index in [1.165, 1.54) is 6.42 Å². The Labute approximate surface area is 113 Å². The van der Waals surface area contributed by atoms with Gasteiger partial charge in [0.25, 0.3) is 0 Å². The summed E-state index contributed by atoms with van der Waals surface area (Å²) >= 11 is 0. The Balaban J connectivity index is 2.27. The first-order chi connectivity index (χ1) is 9.24. The zero-order valence-corrected chi connectivity index (χ0v) is 11.3. The molecule has 0 aliphatic carbocycles. The molecule has 2 rings (SSSR count). The van der Waals surface area contributed by atoms with E-state index in [0.717, 1.165) is 31.5 Å². The highest BCUT2D eigenvalue weighted by Gasteiger charge is 2.33. The highest BCUT2D eigenvalue weighted by molar-refractivity contribution is 5.20. The van der Waals surface area contributed by atoms with Gasteiger partial charge >= 0.3 is 0 Å². The Hall–Kier alpha value is -1.62. The smallest absolute Gasteiger partial charge is 0.210 e. The average molecular weight is 263 g/mol. The van der Waals surface area contributed by atoms with Crippen molar-refractivity contribution in [1.29, 1.82) is 0 Å². The molecule has 0 amide bonds. The molecule has 1 aromatic rings. The lowest BCUT2D eigenvalue weighted by molar-refractivity contribution is -0.595. The maximum atomic E-state index is 11.6. The van der Waals surface area contributed by atoms with Crippen LogP contribution in [0.1, 0.15) is 37.8 Å². The van der Waals surface area contributed by atoms with Crippen LogP contribution in [0.2, 0.25) is 0 Å². The molecule has 0 aromatic heterocycles. The minimum absolute atomic E-state index is 0.0325. The van der Waals surface area contributed by atoms with Crippen LogP contribution in [0.3, 0.4) is 0 Å². The minimum atomic E-state index is -0.412. The van der Waals surface area contributed by atoms with Crippen molar-refractivity contribution in [2.45, 2.75) is 38.3 Å². The number of hydrogen-bond donors (Lipinski definition) is 1. The second-order valence-corrected chi connectivity index (χ2v) is 5.08. The minimum Gasteiger partial charge on any atom is -0.597 e. The molecule has 1 aromatic carbocycles. The maximum Gasteiger partial charge on any atom is 0.210 e. The lowest BCUT2D eigenvalue weighted by Gasteiger charge is -2.35. The fourth-order valence-electron chi connectivity index (χ4n) is 2.84. The van der Waals surface area contributed by atoms with Crippen molar-refractivity contribution in [1.82, 2.24) is 4.90 Å². The molecular formula is C14H21N3O2. The second-order valence-electron chi connectivity index (χ2n) is 5.08. The van der Waals surface area contributed by atoms with Gasteiger partial charge in [0.05, 0.1) is 0 Å². The first-order valence-corrected chi connectivity index (χ1v) is 6.84. The molecule has 0 bridgehead atoms. The molecule has 1 aliphatic heterocycles. The summed E-state index contributed by atoms with van der Waals surface area (Å²) < 4.78 is 0. The third-order valence-corrected chi connectivity index (χ3v) is 3.82. The summed E-state index contributed by atoms with van der Waals surface area (Å²) in [7, 11) is 0. The Morgan fingerprint density at radius 1 is 1.21 bits per heavy atom. The van der Waals surface area contributed by atoms with Crippen molar-refractivity contribution in [3.05, 3.63) is 41.1 Å². The molecule has 1 heterocycles. The third kappa shape index (κ3) is 3.23. The third-order valence-electron chi connectivity index (χ3n) is 3.82. The molecule has 5 heteroatoms. The number of likely N-dealkylation sites (tertiary alicyclic amines) is 1. The number of benzene rings is 1. The molecule has 1 N–H and O–H groups in total. The molecule has 19 heavy (non-hydrogen) atoms. The topological polar surface area (TPSA) is 61.9 Å². The predicted molar refractivity (Wildman–Crippen MR) is 71.9 cm³/mol. The van der Waals surface area contributed by atoms with Gasteiger partial charge in [0.15, 0.2) is 5.28 Å². The maximum absolute atomic E-state index is 11.6. The zero-order chi connectivity index (χ0) is 13.7. The van der Waals surface area contributed by atoms with Gasteiger partial charge in [0.1, 0.15) is 6.04 Å². The normalized spacial score (nSPS) is 21.0. The molecule has 0 spiro atoms. The highest BCUT2D eigenvalue weighted by atomic mass is 16.6. The summed E-state index contributed by atoms with van der Waals surface area (Å²) in [5.41, 5.74) is 1.10. The van der Waals surface area contributed by atoms with E-state index in [4.69, 9.17) is 5.21 Å². The molecule has 1 fully saturated rings. The van der Waals surface area contributed by atoms with E-state index in [0.29, 0.717) is 4.86 Å². The first-order valence-electron chi connectivity index (χ1n) is 6.84. The molecule has 2 atom stereocenters. The van der Waals surface area contributed by atoms with Gasteiger partial charge in [0.2, 0.25) is 6.04 Å². The van der Waals surface area contributed by atoms with Gasteiger partial charge in [-0.15, -0.1) is 0 Å². The molecule has 1 saturated heterocycles. The van der Waals surface area contributed by atoms with Crippen LogP contribution in [0.4, 0.5) is 0 Å². The lowest BCUT2D eigenvalue weighted by atomic mass is 9.96. The van der Waals surface area contributed by atoms with E-state index in [9.17, 15) is 5.21 Å². The van der Waals surface area contributed by atoms with Crippen molar-refractivity contribution in [3.8, 4) is 0 Å². The standard InChI is InChI=1S/C14H21N3O2/c1-12(17(19)15-18)14(13-8-4-2-5-9-13)16-10-6-3-7-11-16/h2,4-5,8-9,12,14,18H,3,6-7,10-11H2,1H3. The lowest BCUT2D eigenvalue weighted by Crippen LogP contribution is -2.41. The molecule has 2 unspecified atom stereocenters. The highest BCUT2D eigenvalue weighted by Crippen LogP contribution is 2.28. The Morgan fingerprint density at radius 2 is 1.84 bits per heavy atom. The fraction of sp³-hybridized carbons (Fsp3) is 0.571. The number of piperidine rings is 1. The van der Waals surface area contributed by atoms with E-state index in [2.05, 4.69) is 10.2 Å². The monoisotopic (exact) mass is 263 g/mol. The van der Waals surface area contributed by atoms with E-state index in [1.807, 2.05) is 30.3 Å². The number of hydroxylamine groups is 1. The summed E-state index contributed by atoms with van der Waals surface area (Å²) in [5, 5.41) is 23.1. The van der Waals surface area contributed by atoms with Crippen molar-refractivity contribution >= 4 is 0 Å². The summed E-state index contributed by atoms with van der Waals surface area (Å²) in [6, 6.07) is 9.53. The summed E-state index contributed by atoms with van der Waals surface area (Å²) in [5.74, 6) is 0. The Kier molecular flexibility index (Phi) is 4.74. The van der Waals surface area contributed by atoms with Gasteiger partial charge in [-0.3, -0.25) is 4.90 Å². The van der Waals surface area contributed by atoms with E-state index in [1.54, 1.807) is 6.92 Å². The van der Waals surface area contributed by atoms with Gasteiger partial charge in [-0.1, -0.05) is 41.6 Å². The molecule has 5 nitrogen and oxygen atoms in total. The Bertz CT molecular complexity index is 416. The van der Waals surface area contributed by atoms with Crippen LogP contribution in [0.5, 0.6) is 0 Å². The Morgan fingerprint density at radius 3 is 2.42 bits per heavy atom. The molecule has 0 radical (unpaired) electrons. The second kappa shape index (κ2) is 6.52. The van der Waals surface area contributed by atoms with Gasteiger partial charge in [-0.05, 0) is 31.5 Å². The molecular weight excluding hydrogens is 242 g/mol. The average Bonchev–Trinajstić information content (AvgIpc) is 2.49. The SMILES string of the molecule is CC(C(c1ccccc1)N1CCCCC1)[N+]([O-])=NO. The molecule has 0 saturated carbocycles. The van der Waals surface area contributed by atoms with Crippen LogP contribution in [0, 0.1) is 5.21 Å². The van der Waals surface area contributed by atoms with Gasteiger partial charge < -0.3 is 10.4 Å². The molecule has 1 aliphatic rings. The largest absolute Gasteiger partial charge is 0.597 e. The number of rotatable bonds is 4. The van der Waals surface area contributed by atoms with Crippen molar-refractivity contribution in [2.75, 3.05) is 13.1 Å². The summed E-state index contributed by atoms with van der Waals surface area (Å²) in [6.07, 6.45) is 3.56. The van der Waals surface area contributed by atoms with Crippen LogP contribution in [0.15, 0.2) is 35.6 Å². The quantitative estimate of drug-likeness (QED) is 0.516. The van der Waals surface area contributed by atoms with E-state index < -0.39 is 6.04 Å². The molecule has 104 valence electrons. The first kappa shape index (κ1) is 13.8. The predicted octanol–water partition coefficient (Wildman–Crippen LogP) is 2.95. The van der Waals surface area contributed by atoms with Crippen LogP contribution in [0.25, 0.3) is 0 Å². The van der Waals surface area contributed by atoms with Crippen LogP contribution in [-0.4, -0.2) is 34.1 Å². The number of hydrogen-bond acceptors (Lipinski definition) is 3. The van der Waals surface area contributed by atoms with E-state index in [-0.39, 0.29) is 6.04 Å². The zero-order valence-electron chi connectivity index (χ0n) is 11.3. The van der Waals surface area contributed by atoms with E-state index >= 15 is 0 Å². The van der Waals surface area contributed by atoms with Crippen molar-refractivity contribution < 1.29 is 10.1 Å². The van der Waals surface area contributed by atoms with Crippen LogP contribution < -0.4 is 0 Å². The van der Waals surface area contributed by atoms with Gasteiger partial charge in [0, 0.05) is 6.92 Å². The fourth-order valence-corrected chi connectivity index (χ4v) is 2.84. The number of nitrogens with zero attached hydrogens (tertiary/aromatic N) is 3. The van der Waals surface area contributed by atoms with Gasteiger partial charge in [-0.25, -0.2) is 0 Å². The van der Waals surface area contributed by atoms with Crippen molar-refractivity contribution in [3.63, 3.8) is 0 Å². The van der Waals surface area contributed by atoms with Crippen LogP contribution in [-0.2, 0) is 0 Å².